The molecule has 34 heavy (non-hydrogen) atoms. The predicted octanol–water partition coefficient (Wildman–Crippen LogP) is 7.19. The fourth-order valence-electron chi connectivity index (χ4n) is 5.57. The molecule has 2 rings (SSSR count). The number of hydrogen-bond acceptors (Lipinski definition) is 3. The summed E-state index contributed by atoms with van der Waals surface area (Å²) in [5.74, 6) is 0.00753. The molecule has 8 heteroatoms. The van der Waals surface area contributed by atoms with Crippen molar-refractivity contribution in [1.29, 1.82) is 10.5 Å². The van der Waals surface area contributed by atoms with Gasteiger partial charge in [0.15, 0.2) is 0 Å². The number of nitrogens with zero attached hydrogens (tertiary/aromatic N) is 7. The largest absolute Gasteiger partial charge is 0.272 e. The third-order valence-corrected chi connectivity index (χ3v) is 11.5. The molecule has 0 radical (unpaired) electrons. The van der Waals surface area contributed by atoms with Crippen molar-refractivity contribution in [2.24, 2.45) is 10.7 Å². The van der Waals surface area contributed by atoms with E-state index in [4.69, 9.17) is 17.9 Å². The van der Waals surface area contributed by atoms with Crippen LogP contribution in [0.2, 0.25) is 0 Å². The van der Waals surface area contributed by atoms with Gasteiger partial charge in [-0.25, -0.2) is 20.2 Å². The fourth-order valence-corrected chi connectivity index (χ4v) is 10.2. The fraction of sp³-hybridized carbons (Fsp3) is 0.692. The molecule has 0 spiro atoms. The summed E-state index contributed by atoms with van der Waals surface area (Å²) in [7, 11) is -2.77. The smallest absolute Gasteiger partial charge is 0.267 e. The first-order valence-corrected chi connectivity index (χ1v) is 14.3. The Hall–Kier alpha value is -2.41. The molecule has 182 valence electrons. The minimum absolute atomic E-state index is 0.00665. The average Bonchev–Trinajstić information content (AvgIpc) is 3.57. The molecule has 2 fully saturated rings. The van der Waals surface area contributed by atoms with Gasteiger partial charge in [-0.05, 0) is 37.2 Å². The minimum Gasteiger partial charge on any atom is -0.267 e. The maximum atomic E-state index is 10.2. The summed E-state index contributed by atoms with van der Waals surface area (Å²) in [5.41, 5.74) is 0.673. The highest BCUT2D eigenvalue weighted by atomic mass is 31.2. The highest BCUT2D eigenvalue weighted by Crippen LogP contribution is 2.68. The van der Waals surface area contributed by atoms with Gasteiger partial charge in [-0.3, -0.25) is 14.1 Å². The maximum Gasteiger partial charge on any atom is 0.272 e. The van der Waals surface area contributed by atoms with E-state index in [0.717, 1.165) is 77.5 Å². The van der Waals surface area contributed by atoms with Crippen molar-refractivity contribution in [3.05, 3.63) is 45.1 Å². The van der Waals surface area contributed by atoms with E-state index in [9.17, 15) is 10.5 Å². The van der Waals surface area contributed by atoms with Crippen LogP contribution in [0.4, 0.5) is 0 Å². The Morgan fingerprint density at radius 2 is 1.26 bits per heavy atom. The maximum absolute atomic E-state index is 10.2. The molecule has 0 saturated heterocycles. The van der Waals surface area contributed by atoms with Crippen molar-refractivity contribution in [2.75, 3.05) is 26.2 Å². The molecule has 0 N–H and O–H groups in total. The van der Waals surface area contributed by atoms with Gasteiger partial charge in [0, 0.05) is 31.5 Å². The van der Waals surface area contributed by atoms with Crippen molar-refractivity contribution in [2.45, 2.75) is 85.1 Å². The van der Waals surface area contributed by atoms with Crippen molar-refractivity contribution < 1.29 is 0 Å². The van der Waals surface area contributed by atoms with Gasteiger partial charge < -0.3 is 0 Å². The van der Waals surface area contributed by atoms with Crippen LogP contribution in [0.1, 0.15) is 79.1 Å². The van der Waals surface area contributed by atoms with E-state index >= 15 is 0 Å². The normalized spacial score (nSPS) is 18.6. The first kappa shape index (κ1) is 27.8. The van der Waals surface area contributed by atoms with E-state index in [2.05, 4.69) is 58.9 Å². The monoisotopic (exact) mass is 479 g/mol. The molecule has 0 unspecified atom stereocenters. The van der Waals surface area contributed by atoms with Crippen molar-refractivity contribution in [1.82, 2.24) is 9.34 Å². The van der Waals surface area contributed by atoms with Gasteiger partial charge in [-0.1, -0.05) is 53.4 Å². The molecule has 2 aliphatic rings. The second-order valence-corrected chi connectivity index (χ2v) is 11.7. The quantitative estimate of drug-likeness (QED) is 0.144. The van der Waals surface area contributed by atoms with Crippen molar-refractivity contribution >= 4 is 7.36 Å². The molecule has 0 aliphatic heterocycles. The molecule has 0 amide bonds. The van der Waals surface area contributed by atoms with Crippen LogP contribution >= 0.6 is 7.36 Å². The van der Waals surface area contributed by atoms with Gasteiger partial charge in [-0.15, -0.1) is 0 Å². The van der Waals surface area contributed by atoms with Crippen LogP contribution in [0.5, 0.6) is 0 Å². The van der Waals surface area contributed by atoms with E-state index in [1.165, 1.54) is 0 Å². The summed E-state index contributed by atoms with van der Waals surface area (Å²) in [6.07, 6.45) is 8.08. The second kappa shape index (κ2) is 13.5. The molecule has 7 nitrogen and oxygen atoms in total. The lowest BCUT2D eigenvalue weighted by Gasteiger charge is -2.46. The van der Waals surface area contributed by atoms with Crippen LogP contribution in [0.25, 0.3) is 9.69 Å². The Morgan fingerprint density at radius 3 is 1.65 bits per heavy atom. The first-order valence-electron chi connectivity index (χ1n) is 12.7. The van der Waals surface area contributed by atoms with Gasteiger partial charge in [0.05, 0.1) is 31.3 Å². The van der Waals surface area contributed by atoms with E-state index in [1.54, 1.807) is 0 Å². The van der Waals surface area contributed by atoms with Crippen LogP contribution in [-0.2, 0) is 0 Å². The summed E-state index contributed by atoms with van der Waals surface area (Å²) in [6, 6.07) is 4.50. The van der Waals surface area contributed by atoms with Gasteiger partial charge in [0.25, 0.3) is 11.4 Å². The van der Waals surface area contributed by atoms with Gasteiger partial charge in [0.2, 0.25) is 0 Å². The zero-order valence-electron chi connectivity index (χ0n) is 21.2. The molecular weight excluding hydrogens is 441 g/mol. The lowest BCUT2D eigenvalue weighted by Crippen LogP contribution is -2.35. The van der Waals surface area contributed by atoms with Gasteiger partial charge in [-0.2, -0.15) is 0 Å². The van der Waals surface area contributed by atoms with E-state index in [1.807, 2.05) is 0 Å². The molecule has 2 saturated carbocycles. The summed E-state index contributed by atoms with van der Waals surface area (Å²) in [6.45, 7) is 27.1. The predicted molar refractivity (Wildman–Crippen MR) is 138 cm³/mol. The zero-order valence-corrected chi connectivity index (χ0v) is 22.1. The Labute approximate surface area is 206 Å². The third kappa shape index (κ3) is 5.45. The molecule has 0 aromatic rings. The summed E-state index contributed by atoms with van der Waals surface area (Å²) >= 11 is 0. The molecule has 0 aromatic carbocycles. The second-order valence-electron chi connectivity index (χ2n) is 8.79. The molecule has 2 aliphatic carbocycles. The lowest BCUT2D eigenvalue weighted by atomic mass is 9.94. The molecular formula is C26H38N7P. The van der Waals surface area contributed by atoms with E-state index in [0.29, 0.717) is 10.9 Å². The standard InChI is InChI=1S/C26H38N7P/c1-7-32(8-2)34(33(9-3)10-4,31-22-17-13-14-18-22)26(24(20-28)30-6)25(23(19-27)29-5)21-15-11-12-16-21/h21-22H,7-18H2,1-4H3/b25-23?,26-24-. The molecule has 0 bridgehead atoms. The number of hydrogen-bond donors (Lipinski definition) is 0. The average molecular weight is 480 g/mol. The Morgan fingerprint density at radius 1 is 0.824 bits per heavy atom. The number of allylic oxidation sites excluding steroid dienone is 4. The molecule has 0 aromatic heterocycles. The Bertz CT molecular complexity index is 944. The van der Waals surface area contributed by atoms with E-state index in [-0.39, 0.29) is 23.4 Å². The SMILES string of the molecule is [C-]#[N+]C(C#N)=C(/C(=C(\C#N)[N+]#[C-])P(=NC1CCCC1)(N(CC)CC)N(CC)CC)C1CCCC1. The van der Waals surface area contributed by atoms with Crippen molar-refractivity contribution in [3.8, 4) is 12.1 Å². The number of rotatable bonds is 10. The van der Waals surface area contributed by atoms with Crippen LogP contribution in [-0.4, -0.2) is 41.6 Å². The third-order valence-electron chi connectivity index (χ3n) is 7.13. The first-order chi connectivity index (χ1) is 16.5. The molecule has 0 heterocycles. The zero-order chi connectivity index (χ0) is 25.1. The molecule has 0 atom stereocenters. The van der Waals surface area contributed by atoms with Crippen LogP contribution < -0.4 is 0 Å². The minimum atomic E-state index is -2.77. The van der Waals surface area contributed by atoms with E-state index < -0.39 is 7.36 Å². The van der Waals surface area contributed by atoms with Gasteiger partial charge in [0.1, 0.15) is 7.36 Å². The summed E-state index contributed by atoms with van der Waals surface area (Å²) < 4.78 is 10.3. The highest BCUT2D eigenvalue weighted by Gasteiger charge is 2.43. The Kier molecular flexibility index (Phi) is 11.0. The number of nitriles is 2. The van der Waals surface area contributed by atoms with Crippen molar-refractivity contribution in [3.63, 3.8) is 0 Å². The summed E-state index contributed by atoms with van der Waals surface area (Å²) in [4.78, 5) is 7.38. The van der Waals surface area contributed by atoms with Crippen LogP contribution in [0.3, 0.4) is 0 Å². The Balaban J connectivity index is 3.16. The summed E-state index contributed by atoms with van der Waals surface area (Å²) in [5, 5.41) is 20.9. The lowest BCUT2D eigenvalue weighted by molar-refractivity contribution is 0.413. The topological polar surface area (TPSA) is 75.1 Å². The van der Waals surface area contributed by atoms with Gasteiger partial charge >= 0.3 is 0 Å². The highest BCUT2D eigenvalue weighted by molar-refractivity contribution is 7.66. The van der Waals surface area contributed by atoms with Crippen LogP contribution in [0.15, 0.2) is 27.0 Å². The van der Waals surface area contributed by atoms with Crippen LogP contribution in [0, 0.1) is 41.7 Å².